The van der Waals surface area contributed by atoms with Crippen molar-refractivity contribution in [3.05, 3.63) is 47.0 Å². The lowest BCUT2D eigenvalue weighted by atomic mass is 10.1. The molecule has 3 amide bonds. The number of nitrogens with one attached hydrogen (secondary N) is 1. The average Bonchev–Trinajstić information content (AvgIpc) is 3.24. The largest absolute Gasteiger partial charge is 0.364 e. The number of piperidine rings is 1. The van der Waals surface area contributed by atoms with Crippen LogP contribution in [0, 0.1) is 5.92 Å². The van der Waals surface area contributed by atoms with Gasteiger partial charge in [-0.05, 0) is 40.8 Å². The summed E-state index contributed by atoms with van der Waals surface area (Å²) in [6.07, 6.45) is 4.46. The summed E-state index contributed by atoms with van der Waals surface area (Å²) in [5.74, 6) is -0.538. The van der Waals surface area contributed by atoms with Gasteiger partial charge in [0.15, 0.2) is 11.5 Å². The van der Waals surface area contributed by atoms with Crippen molar-refractivity contribution in [3.8, 4) is 0 Å². The van der Waals surface area contributed by atoms with Crippen LogP contribution in [-0.4, -0.2) is 54.5 Å². The molecule has 0 bridgehead atoms. The highest BCUT2D eigenvalue weighted by Gasteiger charge is 2.56. The second-order valence-corrected chi connectivity index (χ2v) is 8.53. The summed E-state index contributed by atoms with van der Waals surface area (Å²) in [5, 5.41) is 7.59. The number of fused-ring (bicyclic) bond motifs is 2. The van der Waals surface area contributed by atoms with Gasteiger partial charge in [-0.3, -0.25) is 24.0 Å². The summed E-state index contributed by atoms with van der Waals surface area (Å²) in [6.45, 7) is -0.0858. The molecule has 2 fully saturated rings. The minimum atomic E-state index is -0.654. The number of likely N-dealkylation sites (tertiary alicyclic amines) is 1. The molecule has 10 nitrogen and oxygen atoms in total. The van der Waals surface area contributed by atoms with E-state index in [0.717, 1.165) is 6.42 Å². The summed E-state index contributed by atoms with van der Waals surface area (Å²) in [4.78, 5) is 47.7. The quantitative estimate of drug-likeness (QED) is 0.561. The summed E-state index contributed by atoms with van der Waals surface area (Å²) < 4.78 is 1.98. The zero-order valence-corrected chi connectivity index (χ0v) is 17.8. The van der Waals surface area contributed by atoms with Crippen molar-refractivity contribution in [2.75, 3.05) is 5.32 Å². The predicted octanol–water partition coefficient (Wildman–Crippen LogP) is 1.32. The van der Waals surface area contributed by atoms with E-state index >= 15 is 0 Å². The number of primary amides is 1. The Bertz CT molecular complexity index is 1230. The van der Waals surface area contributed by atoms with E-state index in [0.29, 0.717) is 33.7 Å². The highest BCUT2D eigenvalue weighted by molar-refractivity contribution is 9.10. The predicted molar refractivity (Wildman–Crippen MR) is 114 cm³/mol. The molecule has 11 heteroatoms. The molecule has 2 aromatic heterocycles. The molecule has 0 spiro atoms. The second kappa shape index (κ2) is 7.41. The number of nitrogens with two attached hydrogens (primary N) is 1. The number of anilines is 1. The van der Waals surface area contributed by atoms with Gasteiger partial charge in [-0.2, -0.15) is 5.10 Å². The molecule has 31 heavy (non-hydrogen) atoms. The zero-order valence-electron chi connectivity index (χ0n) is 16.2. The van der Waals surface area contributed by atoms with Crippen LogP contribution in [0.25, 0.3) is 10.9 Å². The Morgan fingerprint density at radius 1 is 1.19 bits per heavy atom. The van der Waals surface area contributed by atoms with Crippen LogP contribution in [-0.2, 0) is 16.1 Å². The third kappa shape index (κ3) is 3.54. The first kappa shape index (κ1) is 19.6. The van der Waals surface area contributed by atoms with Gasteiger partial charge in [0.25, 0.3) is 5.91 Å². The first-order chi connectivity index (χ1) is 14.9. The van der Waals surface area contributed by atoms with E-state index in [2.05, 4.69) is 36.3 Å². The van der Waals surface area contributed by atoms with Crippen molar-refractivity contribution >= 4 is 50.4 Å². The molecule has 0 unspecified atom stereocenters. The van der Waals surface area contributed by atoms with Crippen LogP contribution in [0.1, 0.15) is 23.3 Å². The summed E-state index contributed by atoms with van der Waals surface area (Å²) in [5.41, 5.74) is 6.21. The number of hydrogen-bond acceptors (Lipinski definition) is 6. The van der Waals surface area contributed by atoms with Crippen molar-refractivity contribution < 1.29 is 14.4 Å². The number of benzene rings is 1. The maximum atomic E-state index is 13.2. The minimum Gasteiger partial charge on any atom is -0.364 e. The molecule has 1 saturated heterocycles. The highest BCUT2D eigenvalue weighted by Crippen LogP contribution is 2.48. The van der Waals surface area contributed by atoms with Crippen LogP contribution in [0.5, 0.6) is 0 Å². The normalized spacial score (nSPS) is 21.7. The fourth-order valence-electron chi connectivity index (χ4n) is 4.30. The number of carbonyl (C=O) groups excluding carboxylic acids is 3. The maximum Gasteiger partial charge on any atom is 0.269 e. The van der Waals surface area contributed by atoms with Crippen molar-refractivity contribution in [1.29, 1.82) is 0 Å². The van der Waals surface area contributed by atoms with Crippen LogP contribution in [0.3, 0.4) is 0 Å². The molecule has 3 atom stereocenters. The number of carbonyl (C=O) groups is 3. The first-order valence-electron chi connectivity index (χ1n) is 9.77. The Balaban J connectivity index is 1.38. The van der Waals surface area contributed by atoms with Gasteiger partial charge in [-0.25, -0.2) is 4.98 Å². The van der Waals surface area contributed by atoms with Gasteiger partial charge in [0.05, 0.1) is 17.9 Å². The van der Waals surface area contributed by atoms with Gasteiger partial charge in [-0.15, -0.1) is 0 Å². The van der Waals surface area contributed by atoms with Gasteiger partial charge >= 0.3 is 0 Å². The van der Waals surface area contributed by atoms with Gasteiger partial charge < -0.3 is 16.0 Å². The first-order valence-corrected chi connectivity index (χ1v) is 10.6. The van der Waals surface area contributed by atoms with Crippen molar-refractivity contribution in [2.24, 2.45) is 11.7 Å². The zero-order chi connectivity index (χ0) is 21.7. The highest BCUT2D eigenvalue weighted by atomic mass is 79.9. The Hall–Kier alpha value is -3.34. The van der Waals surface area contributed by atoms with Crippen molar-refractivity contribution in [2.45, 2.75) is 31.5 Å². The molecule has 3 N–H and O–H groups in total. The molecular formula is C20H18BrN7O3. The third-order valence-corrected chi connectivity index (χ3v) is 6.11. The summed E-state index contributed by atoms with van der Waals surface area (Å²) >= 11 is 3.22. The van der Waals surface area contributed by atoms with Crippen LogP contribution in [0.15, 0.2) is 41.3 Å². The lowest BCUT2D eigenvalue weighted by molar-refractivity contribution is -0.138. The Kier molecular flexibility index (Phi) is 4.69. The van der Waals surface area contributed by atoms with Crippen molar-refractivity contribution in [3.63, 3.8) is 0 Å². The topological polar surface area (TPSA) is 136 Å². The van der Waals surface area contributed by atoms with Crippen LogP contribution in [0.2, 0.25) is 0 Å². The second-order valence-electron chi connectivity index (χ2n) is 7.72. The maximum absolute atomic E-state index is 13.2. The SMILES string of the molecule is NC(=O)c1nn(CC(=O)N2[C@@H]3C[C@@H]3C[C@H]2C(=O)Nc2cncc(Br)n2)c2ccccc12. The number of rotatable bonds is 5. The Morgan fingerprint density at radius 3 is 2.77 bits per heavy atom. The molecule has 5 rings (SSSR count). The van der Waals surface area contributed by atoms with Crippen molar-refractivity contribution in [1.82, 2.24) is 24.6 Å². The fourth-order valence-corrected chi connectivity index (χ4v) is 4.61. The van der Waals surface area contributed by atoms with E-state index in [4.69, 9.17) is 5.73 Å². The number of amides is 3. The average molecular weight is 484 g/mol. The van der Waals surface area contributed by atoms with Gasteiger partial charge in [0, 0.05) is 11.4 Å². The smallest absolute Gasteiger partial charge is 0.269 e. The molecule has 158 valence electrons. The molecule has 2 aliphatic rings. The van der Waals surface area contributed by atoms with Gasteiger partial charge in [0.1, 0.15) is 17.2 Å². The number of nitrogens with zero attached hydrogens (tertiary/aromatic N) is 5. The minimum absolute atomic E-state index is 0.0503. The molecule has 1 saturated carbocycles. The molecular weight excluding hydrogens is 466 g/mol. The van der Waals surface area contributed by atoms with E-state index in [1.165, 1.54) is 17.1 Å². The molecule has 3 aromatic rings. The molecule has 1 aromatic carbocycles. The fraction of sp³-hybridized carbons (Fsp3) is 0.300. The van der Waals surface area contributed by atoms with E-state index < -0.39 is 11.9 Å². The summed E-state index contributed by atoms with van der Waals surface area (Å²) in [6, 6.07) is 6.57. The molecule has 1 aliphatic carbocycles. The number of halogens is 1. The lowest BCUT2D eigenvalue weighted by Crippen LogP contribution is -2.46. The number of aromatic nitrogens is 4. The van der Waals surface area contributed by atoms with Gasteiger partial charge in [0.2, 0.25) is 11.8 Å². The standard InChI is InChI=1S/C20H18BrN7O3/c21-15-7-23-8-16(24-15)25-20(31)14-6-10-5-13(10)28(14)17(29)9-27-12-4-2-1-3-11(12)18(26-27)19(22)30/h1-4,7-8,10,13-14H,5-6,9H2,(H2,22,30)(H,24,25,31)/t10-,13-,14+/m1/s1. The van der Waals surface area contributed by atoms with E-state index in [-0.39, 0.29) is 30.1 Å². The Morgan fingerprint density at radius 2 is 2.00 bits per heavy atom. The van der Waals surface area contributed by atoms with Crippen LogP contribution < -0.4 is 11.1 Å². The van der Waals surface area contributed by atoms with Crippen LogP contribution in [0.4, 0.5) is 5.82 Å². The van der Waals surface area contributed by atoms with E-state index in [9.17, 15) is 14.4 Å². The summed E-state index contributed by atoms with van der Waals surface area (Å²) in [7, 11) is 0. The molecule has 0 radical (unpaired) electrons. The number of para-hydroxylation sites is 1. The molecule has 3 heterocycles. The van der Waals surface area contributed by atoms with E-state index in [1.54, 1.807) is 29.2 Å². The van der Waals surface area contributed by atoms with E-state index in [1.807, 2.05) is 0 Å². The van der Waals surface area contributed by atoms with Crippen LogP contribution >= 0.6 is 15.9 Å². The molecule has 1 aliphatic heterocycles. The number of hydrogen-bond donors (Lipinski definition) is 2. The third-order valence-electron chi connectivity index (χ3n) is 5.73. The Labute approximate surface area is 184 Å². The monoisotopic (exact) mass is 483 g/mol. The lowest BCUT2D eigenvalue weighted by Gasteiger charge is -2.26. The van der Waals surface area contributed by atoms with Gasteiger partial charge in [-0.1, -0.05) is 18.2 Å².